The first-order chi connectivity index (χ1) is 8.79. The number of benzene rings is 2. The molecule has 1 atom stereocenters. The standard InChI is InChI=1S/C15H19NO2/c1-18-11-15(17)10-16-9-12-6-7-13-4-2-3-5-14(13)8-12/h2-8,15-17H,9-11H2,1H3. The average Bonchev–Trinajstić information content (AvgIpc) is 2.39. The van der Waals surface area contributed by atoms with Gasteiger partial charge in [-0.05, 0) is 22.4 Å². The highest BCUT2D eigenvalue weighted by Crippen LogP contribution is 2.15. The van der Waals surface area contributed by atoms with Crippen LogP contribution in [0.15, 0.2) is 42.5 Å². The van der Waals surface area contributed by atoms with Crippen molar-refractivity contribution in [2.45, 2.75) is 12.6 Å². The Morgan fingerprint density at radius 2 is 1.94 bits per heavy atom. The van der Waals surface area contributed by atoms with E-state index in [1.807, 2.05) is 12.1 Å². The summed E-state index contributed by atoms with van der Waals surface area (Å²) in [6, 6.07) is 14.7. The lowest BCUT2D eigenvalue weighted by molar-refractivity contribution is 0.0644. The van der Waals surface area contributed by atoms with Crippen molar-refractivity contribution < 1.29 is 9.84 Å². The van der Waals surface area contributed by atoms with E-state index in [-0.39, 0.29) is 0 Å². The van der Waals surface area contributed by atoms with Gasteiger partial charge in [0, 0.05) is 20.2 Å². The summed E-state index contributed by atoms with van der Waals surface area (Å²) in [7, 11) is 1.59. The maximum absolute atomic E-state index is 9.51. The molecule has 2 aromatic carbocycles. The lowest BCUT2D eigenvalue weighted by Crippen LogP contribution is -2.29. The van der Waals surface area contributed by atoms with Gasteiger partial charge < -0.3 is 15.2 Å². The predicted octanol–water partition coefficient (Wildman–Crippen LogP) is 1.94. The van der Waals surface area contributed by atoms with Crippen molar-refractivity contribution in [3.05, 3.63) is 48.0 Å². The van der Waals surface area contributed by atoms with Crippen LogP contribution < -0.4 is 5.32 Å². The molecule has 3 heteroatoms. The fourth-order valence-electron chi connectivity index (χ4n) is 1.98. The number of hydrogen-bond acceptors (Lipinski definition) is 3. The van der Waals surface area contributed by atoms with E-state index < -0.39 is 6.10 Å². The molecule has 2 N–H and O–H groups in total. The van der Waals surface area contributed by atoms with Gasteiger partial charge >= 0.3 is 0 Å². The molecule has 0 spiro atoms. The van der Waals surface area contributed by atoms with E-state index in [1.54, 1.807) is 7.11 Å². The fourth-order valence-corrected chi connectivity index (χ4v) is 1.98. The Kier molecular flexibility index (Phi) is 4.70. The van der Waals surface area contributed by atoms with E-state index in [0.717, 1.165) is 6.54 Å². The Labute approximate surface area is 107 Å². The van der Waals surface area contributed by atoms with Crippen LogP contribution in [0.4, 0.5) is 0 Å². The van der Waals surface area contributed by atoms with Gasteiger partial charge in [-0.15, -0.1) is 0 Å². The summed E-state index contributed by atoms with van der Waals surface area (Å²) in [5.74, 6) is 0. The molecule has 0 aliphatic carbocycles. The molecule has 0 bridgehead atoms. The van der Waals surface area contributed by atoms with Gasteiger partial charge in [0.1, 0.15) is 0 Å². The van der Waals surface area contributed by atoms with Crippen LogP contribution in [-0.2, 0) is 11.3 Å². The minimum Gasteiger partial charge on any atom is -0.389 e. The second kappa shape index (κ2) is 6.50. The molecule has 1 unspecified atom stereocenters. The van der Waals surface area contributed by atoms with E-state index in [4.69, 9.17) is 4.74 Å². The highest BCUT2D eigenvalue weighted by molar-refractivity contribution is 5.82. The molecule has 18 heavy (non-hydrogen) atoms. The second-order valence-electron chi connectivity index (χ2n) is 4.42. The largest absolute Gasteiger partial charge is 0.389 e. The number of nitrogens with one attached hydrogen (secondary N) is 1. The third-order valence-corrected chi connectivity index (χ3v) is 2.88. The molecule has 0 aromatic heterocycles. The van der Waals surface area contributed by atoms with Crippen molar-refractivity contribution in [3.63, 3.8) is 0 Å². The molecule has 0 saturated heterocycles. The monoisotopic (exact) mass is 245 g/mol. The van der Waals surface area contributed by atoms with Crippen LogP contribution in [0.3, 0.4) is 0 Å². The Morgan fingerprint density at radius 3 is 2.72 bits per heavy atom. The number of aliphatic hydroxyl groups excluding tert-OH is 1. The van der Waals surface area contributed by atoms with Crippen molar-refractivity contribution in [2.24, 2.45) is 0 Å². The third-order valence-electron chi connectivity index (χ3n) is 2.88. The van der Waals surface area contributed by atoms with E-state index in [9.17, 15) is 5.11 Å². The summed E-state index contributed by atoms with van der Waals surface area (Å²) in [5.41, 5.74) is 1.22. The Bertz CT molecular complexity index is 499. The maximum atomic E-state index is 9.51. The molecular weight excluding hydrogens is 226 g/mol. The summed E-state index contributed by atoms with van der Waals surface area (Å²) in [4.78, 5) is 0. The van der Waals surface area contributed by atoms with Crippen LogP contribution in [0, 0.1) is 0 Å². The molecule has 2 rings (SSSR count). The molecule has 0 heterocycles. The Hall–Kier alpha value is -1.42. The number of methoxy groups -OCH3 is 1. The van der Waals surface area contributed by atoms with Gasteiger partial charge in [0.25, 0.3) is 0 Å². The van der Waals surface area contributed by atoms with Crippen molar-refractivity contribution in [2.75, 3.05) is 20.3 Å². The SMILES string of the molecule is COCC(O)CNCc1ccc2ccccc2c1. The summed E-state index contributed by atoms with van der Waals surface area (Å²) < 4.78 is 4.87. The molecule has 0 fully saturated rings. The van der Waals surface area contributed by atoms with Gasteiger partial charge in [0.05, 0.1) is 12.7 Å². The zero-order valence-electron chi connectivity index (χ0n) is 10.6. The van der Waals surface area contributed by atoms with Gasteiger partial charge in [0.15, 0.2) is 0 Å². The summed E-state index contributed by atoms with van der Waals surface area (Å²) >= 11 is 0. The topological polar surface area (TPSA) is 41.5 Å². The number of hydrogen-bond donors (Lipinski definition) is 2. The molecule has 0 radical (unpaired) electrons. The van der Waals surface area contributed by atoms with Gasteiger partial charge in [-0.3, -0.25) is 0 Å². The summed E-state index contributed by atoms with van der Waals surface area (Å²) in [5, 5.41) is 15.2. The average molecular weight is 245 g/mol. The van der Waals surface area contributed by atoms with Crippen LogP contribution in [0.5, 0.6) is 0 Å². The molecule has 3 nitrogen and oxygen atoms in total. The molecule has 2 aromatic rings. The minimum absolute atomic E-state index is 0.366. The molecule has 96 valence electrons. The number of rotatable bonds is 6. The minimum atomic E-state index is -0.449. The van der Waals surface area contributed by atoms with E-state index >= 15 is 0 Å². The van der Waals surface area contributed by atoms with Crippen LogP contribution in [0.1, 0.15) is 5.56 Å². The molecule has 0 amide bonds. The van der Waals surface area contributed by atoms with Gasteiger partial charge in [0.2, 0.25) is 0 Å². The van der Waals surface area contributed by atoms with Crippen LogP contribution in [0.2, 0.25) is 0 Å². The Morgan fingerprint density at radius 1 is 1.17 bits per heavy atom. The van der Waals surface area contributed by atoms with Crippen LogP contribution in [0.25, 0.3) is 10.8 Å². The van der Waals surface area contributed by atoms with Gasteiger partial charge in [-0.1, -0.05) is 36.4 Å². The molecular formula is C15H19NO2. The normalized spacial score (nSPS) is 12.8. The second-order valence-corrected chi connectivity index (χ2v) is 4.42. The molecule has 0 aliphatic heterocycles. The predicted molar refractivity (Wildman–Crippen MR) is 73.5 cm³/mol. The summed E-state index contributed by atoms with van der Waals surface area (Å²) in [6.07, 6.45) is -0.449. The smallest absolute Gasteiger partial charge is 0.0897 e. The first-order valence-corrected chi connectivity index (χ1v) is 6.15. The number of fused-ring (bicyclic) bond motifs is 1. The van der Waals surface area contributed by atoms with E-state index in [1.165, 1.54) is 16.3 Å². The van der Waals surface area contributed by atoms with Crippen molar-refractivity contribution in [1.82, 2.24) is 5.32 Å². The highest BCUT2D eigenvalue weighted by atomic mass is 16.5. The molecule has 0 aliphatic rings. The van der Waals surface area contributed by atoms with Crippen molar-refractivity contribution in [3.8, 4) is 0 Å². The summed E-state index contributed by atoms with van der Waals surface area (Å²) in [6.45, 7) is 1.66. The van der Waals surface area contributed by atoms with Crippen molar-refractivity contribution >= 4 is 10.8 Å². The quantitative estimate of drug-likeness (QED) is 0.817. The lowest BCUT2D eigenvalue weighted by atomic mass is 10.1. The third kappa shape index (κ3) is 3.53. The van der Waals surface area contributed by atoms with Crippen LogP contribution in [-0.4, -0.2) is 31.5 Å². The zero-order valence-corrected chi connectivity index (χ0v) is 10.6. The van der Waals surface area contributed by atoms with Crippen molar-refractivity contribution in [1.29, 1.82) is 0 Å². The highest BCUT2D eigenvalue weighted by Gasteiger charge is 2.02. The van der Waals surface area contributed by atoms with Crippen LogP contribution >= 0.6 is 0 Å². The van der Waals surface area contributed by atoms with E-state index in [2.05, 4.69) is 35.6 Å². The van der Waals surface area contributed by atoms with Gasteiger partial charge in [-0.2, -0.15) is 0 Å². The maximum Gasteiger partial charge on any atom is 0.0897 e. The Balaban J connectivity index is 1.91. The zero-order chi connectivity index (χ0) is 12.8. The first kappa shape index (κ1) is 13.0. The number of aliphatic hydroxyl groups is 1. The number of ether oxygens (including phenoxy) is 1. The fraction of sp³-hybridized carbons (Fsp3) is 0.333. The lowest BCUT2D eigenvalue weighted by Gasteiger charge is -2.11. The van der Waals surface area contributed by atoms with Gasteiger partial charge in [-0.25, -0.2) is 0 Å². The van der Waals surface area contributed by atoms with E-state index in [0.29, 0.717) is 13.2 Å². The molecule has 0 saturated carbocycles. The first-order valence-electron chi connectivity index (χ1n) is 6.15.